The Hall–Kier alpha value is -3.36. The van der Waals surface area contributed by atoms with Crippen molar-refractivity contribution in [2.24, 2.45) is 0 Å². The minimum Gasteiger partial charge on any atom is -0.390 e. The Bertz CT molecular complexity index is 1520. The summed E-state index contributed by atoms with van der Waals surface area (Å²) in [6.07, 6.45) is -7.43. The van der Waals surface area contributed by atoms with E-state index >= 15 is 0 Å². The molecule has 0 unspecified atom stereocenters. The number of carbonyl (C=O) groups is 2. The number of aromatic nitrogens is 2. The maximum Gasteiger partial charge on any atom is 0.416 e. The lowest BCUT2D eigenvalue weighted by Gasteiger charge is -2.37. The number of thioether (sulfide) groups is 1. The molecule has 0 radical (unpaired) electrons. The minimum absolute atomic E-state index is 0.0940. The number of likely N-dealkylation sites (tertiary alicyclic amines) is 1. The van der Waals surface area contributed by atoms with E-state index in [9.17, 15) is 41.0 Å². The number of carbonyl (C=O) groups excluding carboxylic acids is 2. The Kier molecular flexibility index (Phi) is 7.21. The summed E-state index contributed by atoms with van der Waals surface area (Å²) in [5.41, 5.74) is -2.21. The predicted octanol–water partition coefficient (Wildman–Crippen LogP) is 5.22. The molecule has 3 aromatic rings. The summed E-state index contributed by atoms with van der Waals surface area (Å²) >= 11 is 0.759. The van der Waals surface area contributed by atoms with Gasteiger partial charge in [0.05, 0.1) is 46.4 Å². The van der Waals surface area contributed by atoms with Crippen LogP contribution in [0.25, 0.3) is 17.0 Å². The maximum atomic E-state index is 13.6. The number of aliphatic hydroxyl groups excluding tert-OH is 1. The van der Waals surface area contributed by atoms with E-state index in [0.717, 1.165) is 22.7 Å². The van der Waals surface area contributed by atoms with E-state index in [1.54, 1.807) is 18.2 Å². The number of β-amino-alcohol motifs (C(OH)–C–C–N with tert-alkyl or cyclic N) is 1. The molecule has 2 atom stereocenters. The van der Waals surface area contributed by atoms with Crippen molar-refractivity contribution in [3.63, 3.8) is 0 Å². The van der Waals surface area contributed by atoms with Crippen LogP contribution in [0.15, 0.2) is 47.5 Å². The van der Waals surface area contributed by atoms with Crippen LogP contribution in [0.5, 0.6) is 0 Å². The zero-order valence-corrected chi connectivity index (χ0v) is 21.6. The third-order valence-corrected chi connectivity index (χ3v) is 7.81. The van der Waals surface area contributed by atoms with Gasteiger partial charge in [-0.2, -0.15) is 31.4 Å². The van der Waals surface area contributed by atoms with Crippen molar-refractivity contribution >= 4 is 39.9 Å². The fourth-order valence-corrected chi connectivity index (χ4v) is 5.82. The third-order valence-electron chi connectivity index (χ3n) is 6.93. The number of nitrogens with zero attached hydrogens (tertiary/aromatic N) is 4. The number of rotatable bonds is 4. The first-order chi connectivity index (χ1) is 18.7. The summed E-state index contributed by atoms with van der Waals surface area (Å²) in [6, 6.07) is 5.66. The zero-order valence-electron chi connectivity index (χ0n) is 20.8. The number of benzene rings is 2. The molecule has 7 nitrogen and oxygen atoms in total. The fourth-order valence-electron chi connectivity index (χ4n) is 4.93. The van der Waals surface area contributed by atoms with Gasteiger partial charge in [0, 0.05) is 18.5 Å². The highest BCUT2D eigenvalue weighted by molar-refractivity contribution is 8.18. The van der Waals surface area contributed by atoms with Gasteiger partial charge in [0.25, 0.3) is 11.1 Å². The van der Waals surface area contributed by atoms with E-state index in [1.807, 2.05) is 11.9 Å². The predicted molar refractivity (Wildman–Crippen MR) is 135 cm³/mol. The molecule has 0 spiro atoms. The molecule has 3 heterocycles. The third kappa shape index (κ3) is 5.47. The van der Waals surface area contributed by atoms with Crippen molar-refractivity contribution in [3.05, 3.63) is 69.8 Å². The Morgan fingerprint density at radius 3 is 2.50 bits per heavy atom. The van der Waals surface area contributed by atoms with E-state index < -0.39 is 53.3 Å². The number of halogens is 6. The topological polar surface area (TPSA) is 78.7 Å². The molecular formula is C26H22F6N4O3S. The summed E-state index contributed by atoms with van der Waals surface area (Å²) in [6.45, 7) is 0.538. The average Bonchev–Trinajstić information content (AvgIpc) is 3.37. The second-order valence-electron chi connectivity index (χ2n) is 9.73. The molecule has 5 rings (SSSR count). The molecule has 0 aliphatic carbocycles. The molecule has 14 heteroatoms. The molecule has 1 aromatic heterocycles. The highest BCUT2D eigenvalue weighted by Gasteiger charge is 2.44. The molecule has 1 N–H and O–H groups in total. The van der Waals surface area contributed by atoms with Crippen LogP contribution < -0.4 is 0 Å². The lowest BCUT2D eigenvalue weighted by atomic mass is 10.0. The average molecular weight is 585 g/mol. The van der Waals surface area contributed by atoms with Crippen LogP contribution in [0.2, 0.25) is 0 Å². The SMILES string of the molecule is CN1CC[C@H](N2C(=O)S/C(=C\c3ccc4c(cnn4Cc4ccc(C(F)(F)F)cc4C(F)(F)F)c3)C2=O)[C@@H](O)C1. The van der Waals surface area contributed by atoms with E-state index in [1.165, 1.54) is 17.0 Å². The zero-order chi connectivity index (χ0) is 29.0. The second kappa shape index (κ2) is 10.2. The standard InChI is InChI=1S/C26H22F6N4O3S/c1-34-7-6-20(21(37)13-34)36-23(38)22(40-24(36)39)9-14-2-5-19-16(8-14)11-33-35(19)12-15-3-4-17(25(27,28)29)10-18(15)26(30,31)32/h2-5,8-11,20-21,37H,6-7,12-13H2,1H3/b22-9-/t20-,21-/m0/s1. The number of hydrogen-bond donors (Lipinski definition) is 1. The van der Waals surface area contributed by atoms with Crippen LogP contribution >= 0.6 is 11.8 Å². The number of hydrogen-bond acceptors (Lipinski definition) is 6. The molecule has 0 bridgehead atoms. The van der Waals surface area contributed by atoms with Gasteiger partial charge in [-0.05, 0) is 66.7 Å². The lowest BCUT2D eigenvalue weighted by molar-refractivity contribution is -0.143. The van der Waals surface area contributed by atoms with E-state index in [-0.39, 0.29) is 16.5 Å². The van der Waals surface area contributed by atoms with Gasteiger partial charge in [-0.25, -0.2) is 0 Å². The molecule has 2 aliphatic rings. The number of amides is 2. The van der Waals surface area contributed by atoms with E-state index in [0.29, 0.717) is 42.0 Å². The van der Waals surface area contributed by atoms with Gasteiger partial charge < -0.3 is 10.0 Å². The molecule has 2 aromatic carbocycles. The Morgan fingerprint density at radius 1 is 1.07 bits per heavy atom. The number of fused-ring (bicyclic) bond motifs is 1. The first kappa shape index (κ1) is 28.2. The van der Waals surface area contributed by atoms with Crippen molar-refractivity contribution in [2.45, 2.75) is 37.5 Å². The van der Waals surface area contributed by atoms with Crippen LogP contribution in [0.4, 0.5) is 31.1 Å². The van der Waals surface area contributed by atoms with E-state index in [4.69, 9.17) is 0 Å². The summed E-state index contributed by atoms with van der Waals surface area (Å²) in [7, 11) is 1.84. The maximum absolute atomic E-state index is 13.6. The summed E-state index contributed by atoms with van der Waals surface area (Å²) < 4.78 is 81.0. The molecule has 212 valence electrons. The van der Waals surface area contributed by atoms with Crippen molar-refractivity contribution in [3.8, 4) is 0 Å². The summed E-state index contributed by atoms with van der Waals surface area (Å²) in [5, 5.41) is 14.6. The molecular weight excluding hydrogens is 562 g/mol. The number of alkyl halides is 6. The van der Waals surface area contributed by atoms with Gasteiger partial charge in [-0.3, -0.25) is 19.2 Å². The van der Waals surface area contributed by atoms with Crippen LogP contribution in [0.1, 0.15) is 28.7 Å². The molecule has 0 saturated carbocycles. The highest BCUT2D eigenvalue weighted by atomic mass is 32.2. The van der Waals surface area contributed by atoms with Crippen LogP contribution in [-0.4, -0.2) is 68.1 Å². The second-order valence-corrected chi connectivity index (χ2v) is 10.7. The molecule has 2 amide bonds. The summed E-state index contributed by atoms with van der Waals surface area (Å²) in [5.74, 6) is -0.513. The van der Waals surface area contributed by atoms with Crippen molar-refractivity contribution in [1.29, 1.82) is 0 Å². The first-order valence-electron chi connectivity index (χ1n) is 12.1. The molecule has 40 heavy (non-hydrogen) atoms. The highest BCUT2D eigenvalue weighted by Crippen LogP contribution is 2.38. The van der Waals surface area contributed by atoms with Crippen molar-refractivity contribution < 1.29 is 41.0 Å². The first-order valence-corrected chi connectivity index (χ1v) is 12.9. The smallest absolute Gasteiger partial charge is 0.390 e. The van der Waals surface area contributed by atoms with Gasteiger partial charge in [0.15, 0.2) is 0 Å². The largest absolute Gasteiger partial charge is 0.416 e. The Labute approximate surface area is 228 Å². The Balaban J connectivity index is 1.39. The van der Waals surface area contributed by atoms with E-state index in [2.05, 4.69) is 5.10 Å². The minimum atomic E-state index is -5.00. The van der Waals surface area contributed by atoms with Gasteiger partial charge >= 0.3 is 12.4 Å². The quantitative estimate of drug-likeness (QED) is 0.335. The van der Waals surface area contributed by atoms with Crippen LogP contribution in [0, 0.1) is 0 Å². The van der Waals surface area contributed by atoms with Gasteiger partial charge in [0.2, 0.25) is 0 Å². The van der Waals surface area contributed by atoms with Gasteiger partial charge in [-0.15, -0.1) is 0 Å². The number of aliphatic hydroxyl groups is 1. The number of imide groups is 1. The molecule has 2 fully saturated rings. The lowest BCUT2D eigenvalue weighted by Crippen LogP contribution is -2.54. The van der Waals surface area contributed by atoms with Crippen molar-refractivity contribution in [2.75, 3.05) is 20.1 Å². The molecule has 2 saturated heterocycles. The summed E-state index contributed by atoms with van der Waals surface area (Å²) in [4.78, 5) is 28.8. The monoisotopic (exact) mass is 584 g/mol. The fraction of sp³-hybridized carbons (Fsp3) is 0.346. The Morgan fingerprint density at radius 2 is 1.82 bits per heavy atom. The van der Waals surface area contributed by atoms with Crippen LogP contribution in [0.3, 0.4) is 0 Å². The van der Waals surface area contributed by atoms with Gasteiger partial charge in [0.1, 0.15) is 0 Å². The normalized spacial score (nSPS) is 22.2. The van der Waals surface area contributed by atoms with Crippen LogP contribution in [-0.2, 0) is 23.7 Å². The van der Waals surface area contributed by atoms with Gasteiger partial charge in [-0.1, -0.05) is 12.1 Å². The number of likely N-dealkylation sites (N-methyl/N-ethyl adjacent to an activating group) is 1. The number of piperidine rings is 1. The molecule has 2 aliphatic heterocycles. The van der Waals surface area contributed by atoms with Crippen molar-refractivity contribution in [1.82, 2.24) is 19.6 Å².